The summed E-state index contributed by atoms with van der Waals surface area (Å²) in [6.07, 6.45) is 1.26. The Bertz CT molecular complexity index is 677. The third kappa shape index (κ3) is 2.28. The number of rotatable bonds is 3. The summed E-state index contributed by atoms with van der Waals surface area (Å²) < 4.78 is 27.9. The molecule has 1 aromatic carbocycles. The van der Waals surface area contributed by atoms with Crippen LogP contribution in [-0.4, -0.2) is 23.2 Å². The Morgan fingerprint density at radius 3 is 2.67 bits per heavy atom. The van der Waals surface area contributed by atoms with Crippen LogP contribution in [0.4, 0.5) is 11.6 Å². The van der Waals surface area contributed by atoms with Gasteiger partial charge >= 0.3 is 0 Å². The zero-order valence-corrected chi connectivity index (χ0v) is 10.8. The fourth-order valence-electron chi connectivity index (χ4n) is 1.48. The van der Waals surface area contributed by atoms with Gasteiger partial charge in [-0.25, -0.2) is 17.8 Å². The largest absolute Gasteiger partial charge is 0.398 e. The van der Waals surface area contributed by atoms with Crippen LogP contribution in [-0.2, 0) is 17.1 Å². The first-order valence-electron chi connectivity index (χ1n) is 5.13. The van der Waals surface area contributed by atoms with Crippen molar-refractivity contribution in [3.8, 4) is 0 Å². The van der Waals surface area contributed by atoms with E-state index in [4.69, 9.17) is 5.73 Å². The number of hydrogen-bond acceptors (Lipinski definition) is 5. The molecule has 0 aliphatic carbocycles. The van der Waals surface area contributed by atoms with E-state index in [1.54, 1.807) is 19.2 Å². The molecule has 0 saturated carbocycles. The summed E-state index contributed by atoms with van der Waals surface area (Å²) >= 11 is 0. The van der Waals surface area contributed by atoms with Crippen LogP contribution in [0.25, 0.3) is 0 Å². The van der Waals surface area contributed by atoms with E-state index in [9.17, 15) is 8.42 Å². The molecule has 0 bridgehead atoms. The molecule has 2 aromatic rings. The van der Waals surface area contributed by atoms with Gasteiger partial charge in [0.05, 0.1) is 5.69 Å². The van der Waals surface area contributed by atoms with E-state index >= 15 is 0 Å². The van der Waals surface area contributed by atoms with Gasteiger partial charge < -0.3 is 5.73 Å². The number of hydrogen-bond donors (Lipinski definition) is 2. The van der Waals surface area contributed by atoms with Gasteiger partial charge in [0.2, 0.25) is 5.95 Å². The number of nitrogen functional groups attached to an aromatic ring is 1. The molecule has 0 saturated heterocycles. The lowest BCUT2D eigenvalue weighted by atomic mass is 10.2. The molecule has 0 spiro atoms. The first kappa shape index (κ1) is 12.4. The number of aryl methyl sites for hydroxylation is 2. The highest BCUT2D eigenvalue weighted by Gasteiger charge is 2.19. The lowest BCUT2D eigenvalue weighted by Gasteiger charge is -2.09. The van der Waals surface area contributed by atoms with E-state index in [1.807, 2.05) is 6.92 Å². The second kappa shape index (κ2) is 4.30. The quantitative estimate of drug-likeness (QED) is 0.788. The van der Waals surface area contributed by atoms with Crippen molar-refractivity contribution < 1.29 is 8.42 Å². The third-order valence-corrected chi connectivity index (χ3v) is 3.79. The topological polar surface area (TPSA) is 103 Å². The lowest BCUT2D eigenvalue weighted by molar-refractivity contribution is 0.600. The molecule has 0 atom stereocenters. The van der Waals surface area contributed by atoms with Crippen molar-refractivity contribution in [2.45, 2.75) is 11.8 Å². The number of nitrogens with two attached hydrogens (primary N) is 1. The molecule has 0 aliphatic heterocycles. The van der Waals surface area contributed by atoms with Gasteiger partial charge in [0.1, 0.15) is 11.2 Å². The van der Waals surface area contributed by atoms with Crippen LogP contribution < -0.4 is 10.5 Å². The average molecular weight is 267 g/mol. The Kier molecular flexibility index (Phi) is 2.95. The van der Waals surface area contributed by atoms with Crippen LogP contribution in [0.15, 0.2) is 29.4 Å². The standard InChI is InChI=1S/C10H13N5O2S/c1-7-3-4-9(8(11)5-7)18(16,17)14-10-12-6-13-15(10)2/h3-6H,11H2,1-2H3,(H,12,13,14). The summed E-state index contributed by atoms with van der Waals surface area (Å²) in [5, 5.41) is 3.78. The van der Waals surface area contributed by atoms with Gasteiger partial charge in [-0.2, -0.15) is 10.1 Å². The van der Waals surface area contributed by atoms with Crippen molar-refractivity contribution in [3.63, 3.8) is 0 Å². The lowest BCUT2D eigenvalue weighted by Crippen LogP contribution is -2.17. The van der Waals surface area contributed by atoms with E-state index in [1.165, 1.54) is 17.1 Å². The van der Waals surface area contributed by atoms with Crippen molar-refractivity contribution in [2.24, 2.45) is 7.05 Å². The van der Waals surface area contributed by atoms with E-state index in [0.29, 0.717) is 0 Å². The molecule has 18 heavy (non-hydrogen) atoms. The Hall–Kier alpha value is -2.09. The van der Waals surface area contributed by atoms with Gasteiger partial charge in [-0.1, -0.05) is 6.07 Å². The van der Waals surface area contributed by atoms with Crippen molar-refractivity contribution >= 4 is 21.7 Å². The molecule has 0 amide bonds. The molecule has 2 rings (SSSR count). The molecule has 8 heteroatoms. The zero-order valence-electron chi connectivity index (χ0n) is 9.95. The predicted molar refractivity (Wildman–Crippen MR) is 67.4 cm³/mol. The summed E-state index contributed by atoms with van der Waals surface area (Å²) in [5.74, 6) is 0.134. The van der Waals surface area contributed by atoms with E-state index < -0.39 is 10.0 Å². The van der Waals surface area contributed by atoms with Gasteiger partial charge in [0.15, 0.2) is 0 Å². The van der Waals surface area contributed by atoms with E-state index in [-0.39, 0.29) is 16.5 Å². The maximum absolute atomic E-state index is 12.1. The highest BCUT2D eigenvalue weighted by Crippen LogP contribution is 2.21. The summed E-state index contributed by atoms with van der Waals surface area (Å²) in [7, 11) is -2.16. The number of sulfonamides is 1. The van der Waals surface area contributed by atoms with Crippen LogP contribution in [0.5, 0.6) is 0 Å². The Labute approximate surface area is 105 Å². The minimum absolute atomic E-state index is 0.0242. The van der Waals surface area contributed by atoms with E-state index in [2.05, 4.69) is 14.8 Å². The van der Waals surface area contributed by atoms with Gasteiger partial charge in [-0.05, 0) is 24.6 Å². The Morgan fingerprint density at radius 1 is 1.39 bits per heavy atom. The van der Waals surface area contributed by atoms with Crippen LogP contribution in [0.2, 0.25) is 0 Å². The molecular formula is C10H13N5O2S. The molecule has 3 N–H and O–H groups in total. The normalized spacial score (nSPS) is 11.4. The van der Waals surface area contributed by atoms with E-state index in [0.717, 1.165) is 5.56 Å². The molecular weight excluding hydrogens is 254 g/mol. The van der Waals surface area contributed by atoms with Crippen molar-refractivity contribution in [2.75, 3.05) is 10.5 Å². The minimum atomic E-state index is -3.75. The first-order valence-corrected chi connectivity index (χ1v) is 6.61. The molecule has 1 aromatic heterocycles. The van der Waals surface area contributed by atoms with Gasteiger partial charge in [0, 0.05) is 7.05 Å². The Morgan fingerprint density at radius 2 is 2.11 bits per heavy atom. The van der Waals surface area contributed by atoms with Gasteiger partial charge in [0.25, 0.3) is 10.0 Å². The number of aromatic nitrogens is 3. The fraction of sp³-hybridized carbons (Fsp3) is 0.200. The van der Waals surface area contributed by atoms with Crippen LogP contribution >= 0.6 is 0 Å². The van der Waals surface area contributed by atoms with Crippen LogP contribution in [0, 0.1) is 6.92 Å². The maximum atomic E-state index is 12.1. The number of anilines is 2. The molecule has 0 radical (unpaired) electrons. The minimum Gasteiger partial charge on any atom is -0.398 e. The molecule has 1 heterocycles. The van der Waals surface area contributed by atoms with Crippen LogP contribution in [0.3, 0.4) is 0 Å². The molecule has 0 fully saturated rings. The number of nitrogens with one attached hydrogen (secondary N) is 1. The molecule has 0 aliphatic rings. The fourth-order valence-corrected chi connectivity index (χ4v) is 2.63. The third-order valence-electron chi connectivity index (χ3n) is 2.39. The summed E-state index contributed by atoms with van der Waals surface area (Å²) in [5.41, 5.74) is 6.80. The van der Waals surface area contributed by atoms with Crippen molar-refractivity contribution in [1.29, 1.82) is 0 Å². The first-order chi connectivity index (χ1) is 8.40. The highest BCUT2D eigenvalue weighted by atomic mass is 32.2. The zero-order chi connectivity index (χ0) is 13.3. The summed E-state index contributed by atoms with van der Waals surface area (Å²) in [6, 6.07) is 4.75. The maximum Gasteiger partial charge on any atom is 0.266 e. The smallest absolute Gasteiger partial charge is 0.266 e. The number of nitrogens with zero attached hydrogens (tertiary/aromatic N) is 3. The Balaban J connectivity index is 2.40. The van der Waals surface area contributed by atoms with Gasteiger partial charge in [-0.15, -0.1) is 0 Å². The second-order valence-electron chi connectivity index (χ2n) is 3.85. The highest BCUT2D eigenvalue weighted by molar-refractivity contribution is 7.92. The van der Waals surface area contributed by atoms with Crippen LogP contribution in [0.1, 0.15) is 5.56 Å². The summed E-state index contributed by atoms with van der Waals surface area (Å²) in [6.45, 7) is 1.84. The average Bonchev–Trinajstić information content (AvgIpc) is 2.63. The number of benzene rings is 1. The SMILES string of the molecule is Cc1ccc(S(=O)(=O)Nc2ncnn2C)c(N)c1. The molecule has 0 unspecified atom stereocenters. The molecule has 96 valence electrons. The summed E-state index contributed by atoms with van der Waals surface area (Å²) in [4.78, 5) is 3.82. The predicted octanol–water partition coefficient (Wildman–Crippen LogP) is 0.507. The van der Waals surface area contributed by atoms with Gasteiger partial charge in [-0.3, -0.25) is 0 Å². The second-order valence-corrected chi connectivity index (χ2v) is 5.50. The molecule has 7 nitrogen and oxygen atoms in total. The monoisotopic (exact) mass is 267 g/mol. The van der Waals surface area contributed by atoms with Crippen molar-refractivity contribution in [1.82, 2.24) is 14.8 Å². The van der Waals surface area contributed by atoms with Crippen molar-refractivity contribution in [3.05, 3.63) is 30.1 Å².